The molecule has 1 amide bonds. The minimum Gasteiger partial charge on any atom is -0.340 e. The van der Waals surface area contributed by atoms with E-state index in [0.29, 0.717) is 11.9 Å². The lowest BCUT2D eigenvalue weighted by atomic mass is 10.2. The van der Waals surface area contributed by atoms with E-state index >= 15 is 0 Å². The van der Waals surface area contributed by atoms with Gasteiger partial charge >= 0.3 is 0 Å². The highest BCUT2D eigenvalue weighted by molar-refractivity contribution is 5.82. The molecule has 86 valence electrons. The van der Waals surface area contributed by atoms with E-state index < -0.39 is 0 Å². The van der Waals surface area contributed by atoms with Gasteiger partial charge in [0.25, 0.3) is 0 Å². The van der Waals surface area contributed by atoms with Crippen LogP contribution in [0.5, 0.6) is 0 Å². The van der Waals surface area contributed by atoms with E-state index in [2.05, 4.69) is 24.3 Å². The number of carbonyl (C=O) groups excluding carboxylic acids is 1. The molecule has 4 nitrogen and oxygen atoms in total. The van der Waals surface area contributed by atoms with Gasteiger partial charge in [0.1, 0.15) is 0 Å². The highest BCUT2D eigenvalue weighted by Gasteiger charge is 2.32. The smallest absolute Gasteiger partial charge is 0.239 e. The molecule has 0 aromatic rings. The van der Waals surface area contributed by atoms with Crippen molar-refractivity contribution in [3.63, 3.8) is 0 Å². The van der Waals surface area contributed by atoms with Gasteiger partial charge in [-0.15, -0.1) is 0 Å². The molecule has 0 radical (unpaired) electrons. The zero-order valence-corrected chi connectivity index (χ0v) is 9.70. The Kier molecular flexibility index (Phi) is 3.26. The summed E-state index contributed by atoms with van der Waals surface area (Å²) in [4.78, 5) is 16.3. The van der Waals surface area contributed by atoms with E-state index in [4.69, 9.17) is 0 Å². The Morgan fingerprint density at radius 3 is 2.73 bits per heavy atom. The SMILES string of the molecule is CN(C)C1CCN(C(=O)[C@H]2CCCN2)C1. The van der Waals surface area contributed by atoms with Gasteiger partial charge in [-0.1, -0.05) is 0 Å². The van der Waals surface area contributed by atoms with Crippen molar-refractivity contribution in [2.75, 3.05) is 33.7 Å². The lowest BCUT2D eigenvalue weighted by Gasteiger charge is -2.22. The van der Waals surface area contributed by atoms with Gasteiger partial charge in [-0.2, -0.15) is 0 Å². The first-order valence-electron chi connectivity index (χ1n) is 5.87. The summed E-state index contributed by atoms with van der Waals surface area (Å²) < 4.78 is 0. The minimum absolute atomic E-state index is 0.103. The van der Waals surface area contributed by atoms with Crippen LogP contribution in [-0.4, -0.2) is 61.5 Å². The summed E-state index contributed by atoms with van der Waals surface area (Å²) in [5, 5.41) is 3.27. The van der Waals surface area contributed by atoms with E-state index in [1.165, 1.54) is 0 Å². The second-order valence-electron chi connectivity index (χ2n) is 4.84. The topological polar surface area (TPSA) is 35.6 Å². The molecular weight excluding hydrogens is 190 g/mol. The van der Waals surface area contributed by atoms with Crippen molar-refractivity contribution in [2.24, 2.45) is 0 Å². The first-order valence-corrected chi connectivity index (χ1v) is 5.87. The minimum atomic E-state index is 0.103. The third-order valence-electron chi connectivity index (χ3n) is 3.56. The van der Waals surface area contributed by atoms with Gasteiger partial charge in [0, 0.05) is 19.1 Å². The number of carbonyl (C=O) groups is 1. The standard InChI is InChI=1S/C11H21N3O/c1-13(2)9-5-7-14(8-9)11(15)10-4-3-6-12-10/h9-10,12H,3-8H2,1-2H3/t9?,10-/m1/s1. The third-order valence-corrected chi connectivity index (χ3v) is 3.56. The molecule has 1 unspecified atom stereocenters. The molecule has 0 aliphatic carbocycles. The first kappa shape index (κ1) is 10.9. The van der Waals surface area contributed by atoms with Gasteiger partial charge in [-0.25, -0.2) is 0 Å². The summed E-state index contributed by atoms with van der Waals surface area (Å²) in [7, 11) is 4.18. The van der Waals surface area contributed by atoms with Crippen molar-refractivity contribution in [2.45, 2.75) is 31.3 Å². The number of amides is 1. The lowest BCUT2D eigenvalue weighted by molar-refractivity contribution is -0.132. The molecule has 2 atom stereocenters. The maximum absolute atomic E-state index is 12.1. The van der Waals surface area contributed by atoms with Crippen LogP contribution in [0.4, 0.5) is 0 Å². The summed E-state index contributed by atoms with van der Waals surface area (Å²) in [5.41, 5.74) is 0. The fourth-order valence-corrected chi connectivity index (χ4v) is 2.48. The predicted octanol–water partition coefficient (Wildman–Crippen LogP) is -0.0991. The second-order valence-corrected chi connectivity index (χ2v) is 4.84. The van der Waals surface area contributed by atoms with Crippen molar-refractivity contribution in [3.05, 3.63) is 0 Å². The van der Waals surface area contributed by atoms with Crippen molar-refractivity contribution in [1.82, 2.24) is 15.1 Å². The fourth-order valence-electron chi connectivity index (χ4n) is 2.48. The van der Waals surface area contributed by atoms with Gasteiger partial charge in [-0.3, -0.25) is 4.79 Å². The molecule has 4 heteroatoms. The highest BCUT2D eigenvalue weighted by Crippen LogP contribution is 2.16. The number of likely N-dealkylation sites (N-methyl/N-ethyl adjacent to an activating group) is 1. The molecular formula is C11H21N3O. The lowest BCUT2D eigenvalue weighted by Crippen LogP contribution is -2.43. The molecule has 0 spiro atoms. The van der Waals surface area contributed by atoms with Crippen LogP contribution in [0.25, 0.3) is 0 Å². The van der Waals surface area contributed by atoms with Gasteiger partial charge in [0.15, 0.2) is 0 Å². The average Bonchev–Trinajstić information content (AvgIpc) is 2.88. The van der Waals surface area contributed by atoms with Crippen molar-refractivity contribution in [1.29, 1.82) is 0 Å². The number of rotatable bonds is 2. The Balaban J connectivity index is 1.87. The van der Waals surface area contributed by atoms with Crippen LogP contribution in [0.2, 0.25) is 0 Å². The van der Waals surface area contributed by atoms with Gasteiger partial charge in [0.05, 0.1) is 6.04 Å². The number of hydrogen-bond donors (Lipinski definition) is 1. The third kappa shape index (κ3) is 2.32. The Bertz CT molecular complexity index is 236. The molecule has 0 aromatic carbocycles. The molecule has 0 saturated carbocycles. The van der Waals surface area contributed by atoms with Crippen LogP contribution < -0.4 is 5.32 Å². The Hall–Kier alpha value is -0.610. The van der Waals surface area contributed by atoms with E-state index in [0.717, 1.165) is 38.9 Å². The fraction of sp³-hybridized carbons (Fsp3) is 0.909. The van der Waals surface area contributed by atoms with Gasteiger partial charge in [-0.05, 0) is 39.9 Å². The van der Waals surface area contributed by atoms with Gasteiger partial charge in [0.2, 0.25) is 5.91 Å². The van der Waals surface area contributed by atoms with Crippen LogP contribution in [0.3, 0.4) is 0 Å². The monoisotopic (exact) mass is 211 g/mol. The van der Waals surface area contributed by atoms with E-state index in [1.54, 1.807) is 0 Å². The average molecular weight is 211 g/mol. The van der Waals surface area contributed by atoms with E-state index in [1.807, 2.05) is 4.90 Å². The zero-order valence-electron chi connectivity index (χ0n) is 9.70. The number of likely N-dealkylation sites (tertiary alicyclic amines) is 1. The van der Waals surface area contributed by atoms with E-state index in [9.17, 15) is 4.79 Å². The van der Waals surface area contributed by atoms with Crippen LogP contribution in [0.15, 0.2) is 0 Å². The summed E-state index contributed by atoms with van der Waals surface area (Å²) in [5.74, 6) is 0.317. The molecule has 2 rings (SSSR count). The molecule has 0 aromatic heterocycles. The quantitative estimate of drug-likeness (QED) is 0.693. The number of nitrogens with zero attached hydrogens (tertiary/aromatic N) is 2. The van der Waals surface area contributed by atoms with Crippen LogP contribution in [0.1, 0.15) is 19.3 Å². The summed E-state index contributed by atoms with van der Waals surface area (Å²) in [6.07, 6.45) is 3.27. The summed E-state index contributed by atoms with van der Waals surface area (Å²) in [6.45, 7) is 2.84. The number of hydrogen-bond acceptors (Lipinski definition) is 3. The highest BCUT2D eigenvalue weighted by atomic mass is 16.2. The van der Waals surface area contributed by atoms with Crippen LogP contribution in [-0.2, 0) is 4.79 Å². The summed E-state index contributed by atoms with van der Waals surface area (Å²) >= 11 is 0. The van der Waals surface area contributed by atoms with E-state index in [-0.39, 0.29) is 6.04 Å². The maximum Gasteiger partial charge on any atom is 0.239 e. The predicted molar refractivity (Wildman–Crippen MR) is 59.7 cm³/mol. The molecule has 2 heterocycles. The first-order chi connectivity index (χ1) is 7.18. The molecule has 15 heavy (non-hydrogen) atoms. The maximum atomic E-state index is 12.1. The van der Waals surface area contributed by atoms with Crippen molar-refractivity contribution >= 4 is 5.91 Å². The molecule has 2 fully saturated rings. The second kappa shape index (κ2) is 4.49. The molecule has 2 aliphatic heterocycles. The molecule has 2 saturated heterocycles. The Morgan fingerprint density at radius 2 is 2.20 bits per heavy atom. The Labute approximate surface area is 91.6 Å². The van der Waals surface area contributed by atoms with Crippen molar-refractivity contribution < 1.29 is 4.79 Å². The van der Waals surface area contributed by atoms with Gasteiger partial charge < -0.3 is 15.1 Å². The zero-order chi connectivity index (χ0) is 10.8. The Morgan fingerprint density at radius 1 is 1.40 bits per heavy atom. The number of nitrogens with one attached hydrogen (secondary N) is 1. The summed E-state index contributed by atoms with van der Waals surface area (Å²) in [6, 6.07) is 0.654. The molecule has 1 N–H and O–H groups in total. The van der Waals surface area contributed by atoms with Crippen molar-refractivity contribution in [3.8, 4) is 0 Å². The largest absolute Gasteiger partial charge is 0.340 e. The molecule has 2 aliphatic rings. The molecule has 0 bridgehead atoms. The normalized spacial score (nSPS) is 31.5. The van der Waals surface area contributed by atoms with Crippen LogP contribution >= 0.6 is 0 Å². The van der Waals surface area contributed by atoms with Crippen LogP contribution in [0, 0.1) is 0 Å².